The molecule has 1 unspecified atom stereocenters. The monoisotopic (exact) mass is 227 g/mol. The molecule has 3 nitrogen and oxygen atoms in total. The summed E-state index contributed by atoms with van der Waals surface area (Å²) in [5.41, 5.74) is 0. The predicted molar refractivity (Wildman–Crippen MR) is 65.4 cm³/mol. The summed E-state index contributed by atoms with van der Waals surface area (Å²) in [6.45, 7) is 6.26. The summed E-state index contributed by atoms with van der Waals surface area (Å²) in [5, 5.41) is 12.5. The lowest BCUT2D eigenvalue weighted by Gasteiger charge is -2.31. The van der Waals surface area contributed by atoms with Gasteiger partial charge in [0.2, 0.25) is 0 Å². The fraction of sp³-hybridized carbons (Fsp3) is 0.923. The molecule has 3 heteroatoms. The number of hydrogen-bond acceptors (Lipinski definition) is 2. The molecule has 0 amide bonds. The fourth-order valence-electron chi connectivity index (χ4n) is 2.85. The molecule has 0 spiro atoms. The molecule has 1 saturated carbocycles. The Morgan fingerprint density at radius 1 is 1.31 bits per heavy atom. The van der Waals surface area contributed by atoms with Crippen LogP contribution >= 0.6 is 0 Å². The Balaban J connectivity index is 2.33. The summed E-state index contributed by atoms with van der Waals surface area (Å²) in [5.74, 6) is 0.473. The molecule has 0 aromatic heterocycles. The molecule has 0 aliphatic heterocycles. The Kier molecular flexibility index (Phi) is 5.81. The van der Waals surface area contributed by atoms with E-state index in [1.165, 1.54) is 12.8 Å². The van der Waals surface area contributed by atoms with Gasteiger partial charge in [-0.2, -0.15) is 0 Å². The van der Waals surface area contributed by atoms with E-state index in [-0.39, 0.29) is 5.92 Å². The van der Waals surface area contributed by atoms with Gasteiger partial charge in [0.15, 0.2) is 0 Å². The third kappa shape index (κ3) is 3.78. The molecule has 0 bridgehead atoms. The molecule has 0 heterocycles. The van der Waals surface area contributed by atoms with Gasteiger partial charge in [-0.05, 0) is 57.0 Å². The van der Waals surface area contributed by atoms with Crippen molar-refractivity contribution in [1.29, 1.82) is 0 Å². The summed E-state index contributed by atoms with van der Waals surface area (Å²) < 4.78 is 0. The number of hydrogen-bond donors (Lipinski definition) is 2. The van der Waals surface area contributed by atoms with Gasteiger partial charge in [-0.3, -0.25) is 4.79 Å². The van der Waals surface area contributed by atoms with Gasteiger partial charge >= 0.3 is 5.97 Å². The van der Waals surface area contributed by atoms with Crippen LogP contribution < -0.4 is 5.32 Å². The van der Waals surface area contributed by atoms with Crippen LogP contribution in [-0.4, -0.2) is 24.2 Å². The van der Waals surface area contributed by atoms with Crippen molar-refractivity contribution in [2.75, 3.05) is 13.1 Å². The highest BCUT2D eigenvalue weighted by Gasteiger charge is 2.30. The number of carboxylic acids is 1. The first-order valence-corrected chi connectivity index (χ1v) is 6.62. The van der Waals surface area contributed by atoms with Gasteiger partial charge in [0, 0.05) is 0 Å². The number of carboxylic acid groups (broad SMARTS) is 1. The molecular formula is C13H25NO2. The Morgan fingerprint density at radius 3 is 2.38 bits per heavy atom. The maximum Gasteiger partial charge on any atom is 0.306 e. The lowest BCUT2D eigenvalue weighted by atomic mass is 9.75. The van der Waals surface area contributed by atoms with Gasteiger partial charge in [0.05, 0.1) is 5.92 Å². The van der Waals surface area contributed by atoms with Crippen LogP contribution in [0.4, 0.5) is 0 Å². The van der Waals surface area contributed by atoms with Crippen molar-refractivity contribution in [2.45, 2.75) is 46.0 Å². The summed E-state index contributed by atoms with van der Waals surface area (Å²) in [4.78, 5) is 11.1. The lowest BCUT2D eigenvalue weighted by molar-refractivity contribution is -0.144. The largest absolute Gasteiger partial charge is 0.481 e. The van der Waals surface area contributed by atoms with Gasteiger partial charge in [0.25, 0.3) is 0 Å². The molecule has 1 fully saturated rings. The Hall–Kier alpha value is -0.570. The first kappa shape index (κ1) is 13.5. The van der Waals surface area contributed by atoms with E-state index < -0.39 is 5.97 Å². The van der Waals surface area contributed by atoms with Crippen LogP contribution in [0.3, 0.4) is 0 Å². The molecular weight excluding hydrogens is 202 g/mol. The summed E-state index contributed by atoms with van der Waals surface area (Å²) in [7, 11) is 0. The lowest BCUT2D eigenvalue weighted by Crippen LogP contribution is -2.31. The standard InChI is InChI=1S/C13H25NO2/c1-3-12(13(15)16)11-7-5-10(6-8-11)9-14-4-2/h10-12,14H,3-9H2,1-2H3,(H,15,16). The zero-order valence-electron chi connectivity index (χ0n) is 10.5. The number of rotatable bonds is 6. The van der Waals surface area contributed by atoms with Crippen LogP contribution in [0.5, 0.6) is 0 Å². The van der Waals surface area contributed by atoms with E-state index in [1.807, 2.05) is 6.92 Å². The zero-order valence-corrected chi connectivity index (χ0v) is 10.5. The van der Waals surface area contributed by atoms with Crippen molar-refractivity contribution < 1.29 is 9.90 Å². The number of carbonyl (C=O) groups is 1. The topological polar surface area (TPSA) is 49.3 Å². The van der Waals surface area contributed by atoms with Crippen LogP contribution in [0.15, 0.2) is 0 Å². The van der Waals surface area contributed by atoms with Crippen molar-refractivity contribution in [3.05, 3.63) is 0 Å². The molecule has 1 aliphatic carbocycles. The molecule has 94 valence electrons. The maximum absolute atomic E-state index is 11.1. The molecule has 0 aromatic rings. The third-order valence-electron chi connectivity index (χ3n) is 3.90. The zero-order chi connectivity index (χ0) is 12.0. The van der Waals surface area contributed by atoms with Crippen LogP contribution in [0.2, 0.25) is 0 Å². The van der Waals surface area contributed by atoms with E-state index in [1.54, 1.807) is 0 Å². The normalized spacial score (nSPS) is 27.6. The van der Waals surface area contributed by atoms with Crippen molar-refractivity contribution in [1.82, 2.24) is 5.32 Å². The summed E-state index contributed by atoms with van der Waals surface area (Å²) in [6, 6.07) is 0. The van der Waals surface area contributed by atoms with Crippen molar-refractivity contribution in [2.24, 2.45) is 17.8 Å². The van der Waals surface area contributed by atoms with Crippen molar-refractivity contribution in [3.63, 3.8) is 0 Å². The van der Waals surface area contributed by atoms with E-state index in [4.69, 9.17) is 5.11 Å². The molecule has 1 aliphatic rings. The maximum atomic E-state index is 11.1. The molecule has 1 rings (SSSR count). The van der Waals surface area contributed by atoms with E-state index >= 15 is 0 Å². The minimum atomic E-state index is -0.599. The molecule has 0 aromatic carbocycles. The van der Waals surface area contributed by atoms with E-state index in [0.717, 1.165) is 38.3 Å². The van der Waals surface area contributed by atoms with Gasteiger partial charge in [-0.1, -0.05) is 13.8 Å². The molecule has 0 radical (unpaired) electrons. The summed E-state index contributed by atoms with van der Waals surface area (Å²) in [6.07, 6.45) is 5.36. The Bertz CT molecular complexity index is 210. The van der Waals surface area contributed by atoms with Gasteiger partial charge in [0.1, 0.15) is 0 Å². The second-order valence-corrected chi connectivity index (χ2v) is 4.94. The molecule has 0 saturated heterocycles. The van der Waals surface area contributed by atoms with Crippen LogP contribution in [-0.2, 0) is 4.79 Å². The Labute approximate surface area is 98.6 Å². The SMILES string of the molecule is CCNCC1CCC(C(CC)C(=O)O)CC1. The van der Waals surface area contributed by atoms with Gasteiger partial charge in [-0.25, -0.2) is 0 Å². The van der Waals surface area contributed by atoms with E-state index in [0.29, 0.717) is 5.92 Å². The molecule has 1 atom stereocenters. The number of aliphatic carboxylic acids is 1. The first-order valence-electron chi connectivity index (χ1n) is 6.62. The second kappa shape index (κ2) is 6.89. The third-order valence-corrected chi connectivity index (χ3v) is 3.90. The molecule has 16 heavy (non-hydrogen) atoms. The van der Waals surface area contributed by atoms with Crippen LogP contribution in [0, 0.1) is 17.8 Å². The highest BCUT2D eigenvalue weighted by molar-refractivity contribution is 5.70. The highest BCUT2D eigenvalue weighted by Crippen LogP contribution is 2.34. The summed E-state index contributed by atoms with van der Waals surface area (Å²) >= 11 is 0. The van der Waals surface area contributed by atoms with Crippen LogP contribution in [0.1, 0.15) is 46.0 Å². The average molecular weight is 227 g/mol. The van der Waals surface area contributed by atoms with Gasteiger partial charge in [-0.15, -0.1) is 0 Å². The molecule has 2 N–H and O–H groups in total. The smallest absolute Gasteiger partial charge is 0.306 e. The highest BCUT2D eigenvalue weighted by atomic mass is 16.4. The fourth-order valence-corrected chi connectivity index (χ4v) is 2.85. The Morgan fingerprint density at radius 2 is 1.94 bits per heavy atom. The second-order valence-electron chi connectivity index (χ2n) is 4.94. The van der Waals surface area contributed by atoms with Gasteiger partial charge < -0.3 is 10.4 Å². The number of nitrogens with one attached hydrogen (secondary N) is 1. The minimum absolute atomic E-state index is 0.111. The first-order chi connectivity index (χ1) is 7.69. The van der Waals surface area contributed by atoms with Crippen LogP contribution in [0.25, 0.3) is 0 Å². The van der Waals surface area contributed by atoms with Crippen molar-refractivity contribution in [3.8, 4) is 0 Å². The van der Waals surface area contributed by atoms with Crippen molar-refractivity contribution >= 4 is 5.97 Å². The predicted octanol–water partition coefficient (Wildman–Crippen LogP) is 2.51. The van der Waals surface area contributed by atoms with E-state index in [2.05, 4.69) is 12.2 Å². The average Bonchev–Trinajstić information content (AvgIpc) is 2.28. The quantitative estimate of drug-likeness (QED) is 0.733. The minimum Gasteiger partial charge on any atom is -0.481 e. The van der Waals surface area contributed by atoms with E-state index in [9.17, 15) is 4.79 Å².